The van der Waals surface area contributed by atoms with E-state index < -0.39 is 0 Å². The molecule has 1 aromatic rings. The summed E-state index contributed by atoms with van der Waals surface area (Å²) in [5, 5.41) is 12.8. The largest absolute Gasteiger partial charge is 0.393 e. The number of carbonyl (C=O) groups excluding carboxylic acids is 1. The van der Waals surface area contributed by atoms with E-state index in [2.05, 4.69) is 24.1 Å². The van der Waals surface area contributed by atoms with Crippen LogP contribution in [0.25, 0.3) is 0 Å². The topological polar surface area (TPSA) is 65.5 Å². The third kappa shape index (κ3) is 4.44. The minimum atomic E-state index is -0.361. The molecule has 2 amide bonds. The maximum absolute atomic E-state index is 12.5. The van der Waals surface area contributed by atoms with E-state index in [-0.39, 0.29) is 24.1 Å². The second kappa shape index (κ2) is 7.58. The van der Waals surface area contributed by atoms with E-state index in [1.807, 2.05) is 18.2 Å². The molecule has 1 saturated heterocycles. The normalized spacial score (nSPS) is 21.0. The summed E-state index contributed by atoms with van der Waals surface area (Å²) < 4.78 is 0. The van der Waals surface area contributed by atoms with Gasteiger partial charge in [-0.15, -0.1) is 0 Å². The Hall–Kier alpha value is -1.62. The van der Waals surface area contributed by atoms with Gasteiger partial charge in [0.1, 0.15) is 0 Å². The number of hydrogen-bond donors (Lipinski definition) is 2. The van der Waals surface area contributed by atoms with Gasteiger partial charge in [-0.2, -0.15) is 0 Å². The summed E-state index contributed by atoms with van der Waals surface area (Å²) in [5.74, 6) is 0.653. The Bertz CT molecular complexity index is 476. The van der Waals surface area contributed by atoms with Crippen LogP contribution in [-0.2, 0) is 0 Å². The molecule has 0 unspecified atom stereocenters. The molecule has 0 bridgehead atoms. The Balaban J connectivity index is 2.00. The van der Waals surface area contributed by atoms with Gasteiger partial charge in [0.15, 0.2) is 0 Å². The van der Waals surface area contributed by atoms with E-state index in [9.17, 15) is 9.90 Å². The zero-order valence-electron chi connectivity index (χ0n) is 13.7. The fourth-order valence-electron chi connectivity index (χ4n) is 2.91. The van der Waals surface area contributed by atoms with E-state index in [1.54, 1.807) is 18.0 Å². The number of aliphatic hydroxyl groups excluding tert-OH is 1. The van der Waals surface area contributed by atoms with Crippen LogP contribution in [0, 0.1) is 11.8 Å². The van der Waals surface area contributed by atoms with Crippen LogP contribution in [0.4, 0.5) is 4.79 Å². The lowest BCUT2D eigenvalue weighted by molar-refractivity contribution is 0.129. The number of carbonyl (C=O) groups is 1. The van der Waals surface area contributed by atoms with Crippen molar-refractivity contribution in [3.05, 3.63) is 30.1 Å². The average Bonchev–Trinajstić information content (AvgIpc) is 2.97. The lowest BCUT2D eigenvalue weighted by Gasteiger charge is -2.24. The molecule has 1 aliphatic heterocycles. The van der Waals surface area contributed by atoms with Gasteiger partial charge in [0, 0.05) is 25.2 Å². The van der Waals surface area contributed by atoms with Gasteiger partial charge in [-0.3, -0.25) is 4.98 Å². The van der Waals surface area contributed by atoms with Crippen LogP contribution in [0.2, 0.25) is 0 Å². The van der Waals surface area contributed by atoms with E-state index in [4.69, 9.17) is 0 Å². The van der Waals surface area contributed by atoms with Crippen molar-refractivity contribution in [2.75, 3.05) is 13.1 Å². The highest BCUT2D eigenvalue weighted by Gasteiger charge is 2.30. The van der Waals surface area contributed by atoms with Gasteiger partial charge in [0.05, 0.1) is 17.8 Å². The Morgan fingerprint density at radius 1 is 1.45 bits per heavy atom. The molecule has 122 valence electrons. The molecular formula is C17H27N3O2. The fourth-order valence-corrected chi connectivity index (χ4v) is 2.91. The third-order valence-electron chi connectivity index (χ3n) is 4.24. The highest BCUT2D eigenvalue weighted by molar-refractivity contribution is 5.75. The van der Waals surface area contributed by atoms with Crippen LogP contribution in [0.15, 0.2) is 24.4 Å². The summed E-state index contributed by atoms with van der Waals surface area (Å²) in [6.45, 7) is 7.41. The monoisotopic (exact) mass is 305 g/mol. The summed E-state index contributed by atoms with van der Waals surface area (Å²) in [7, 11) is 0. The molecule has 0 saturated carbocycles. The molecule has 0 spiro atoms. The first-order chi connectivity index (χ1) is 10.5. The summed E-state index contributed by atoms with van der Waals surface area (Å²) in [6, 6.07) is 5.65. The smallest absolute Gasteiger partial charge is 0.317 e. The first-order valence-electron chi connectivity index (χ1n) is 8.11. The van der Waals surface area contributed by atoms with Crippen LogP contribution in [0.3, 0.4) is 0 Å². The minimum absolute atomic E-state index is 0.0561. The maximum Gasteiger partial charge on any atom is 0.317 e. The number of rotatable bonds is 5. The zero-order valence-corrected chi connectivity index (χ0v) is 13.7. The number of aliphatic hydroxyl groups is 1. The molecule has 1 aliphatic rings. The van der Waals surface area contributed by atoms with E-state index >= 15 is 0 Å². The quantitative estimate of drug-likeness (QED) is 0.878. The summed E-state index contributed by atoms with van der Waals surface area (Å²) in [6.07, 6.45) is 3.12. The van der Waals surface area contributed by atoms with E-state index in [0.717, 1.165) is 18.5 Å². The number of likely N-dealkylation sites (tertiary alicyclic amines) is 1. The minimum Gasteiger partial charge on any atom is -0.393 e. The number of pyridine rings is 1. The van der Waals surface area contributed by atoms with Crippen molar-refractivity contribution >= 4 is 6.03 Å². The standard InChI is InChI=1S/C17H27N3O2/c1-12(2)10-16(15-6-4-5-8-18-15)19-17(22)20-9-7-14(11-20)13(3)21/h4-6,8,12-14,16,21H,7,9-11H2,1-3H3,(H,19,22)/t13-,14-,16-/m0/s1. The number of nitrogens with one attached hydrogen (secondary N) is 1. The average molecular weight is 305 g/mol. The third-order valence-corrected chi connectivity index (χ3v) is 4.24. The fraction of sp³-hybridized carbons (Fsp3) is 0.647. The van der Waals surface area contributed by atoms with Crippen molar-refractivity contribution in [2.45, 2.75) is 45.8 Å². The van der Waals surface area contributed by atoms with Crippen molar-refractivity contribution in [3.63, 3.8) is 0 Å². The molecule has 2 heterocycles. The van der Waals surface area contributed by atoms with Gasteiger partial charge < -0.3 is 15.3 Å². The second-order valence-corrected chi connectivity index (χ2v) is 6.62. The second-order valence-electron chi connectivity index (χ2n) is 6.62. The molecule has 5 nitrogen and oxygen atoms in total. The van der Waals surface area contributed by atoms with Gasteiger partial charge >= 0.3 is 6.03 Å². The van der Waals surface area contributed by atoms with Gasteiger partial charge in [-0.1, -0.05) is 19.9 Å². The molecule has 0 aliphatic carbocycles. The first-order valence-corrected chi connectivity index (χ1v) is 8.11. The van der Waals surface area contributed by atoms with Gasteiger partial charge in [-0.25, -0.2) is 4.79 Å². The van der Waals surface area contributed by atoms with Crippen LogP contribution in [0.1, 0.15) is 45.3 Å². The predicted octanol–water partition coefficient (Wildman–Crippen LogP) is 2.58. The summed E-state index contributed by atoms with van der Waals surface area (Å²) >= 11 is 0. The highest BCUT2D eigenvalue weighted by Crippen LogP contribution is 2.23. The van der Waals surface area contributed by atoms with Crippen molar-refractivity contribution in [2.24, 2.45) is 11.8 Å². The molecular weight excluding hydrogens is 278 g/mol. The van der Waals surface area contributed by atoms with Crippen LogP contribution in [-0.4, -0.2) is 40.2 Å². The van der Waals surface area contributed by atoms with E-state index in [1.165, 1.54) is 0 Å². The van der Waals surface area contributed by atoms with Crippen LogP contribution < -0.4 is 5.32 Å². The maximum atomic E-state index is 12.5. The Labute approximate surface area is 132 Å². The summed E-state index contributed by atoms with van der Waals surface area (Å²) in [5.41, 5.74) is 0.899. The summed E-state index contributed by atoms with van der Waals surface area (Å²) in [4.78, 5) is 18.7. The zero-order chi connectivity index (χ0) is 16.1. The first kappa shape index (κ1) is 16.7. The number of urea groups is 1. The number of amides is 2. The van der Waals surface area contributed by atoms with E-state index in [0.29, 0.717) is 19.0 Å². The predicted molar refractivity (Wildman–Crippen MR) is 86.3 cm³/mol. The Morgan fingerprint density at radius 2 is 2.23 bits per heavy atom. The van der Waals surface area contributed by atoms with Gasteiger partial charge in [0.2, 0.25) is 0 Å². The molecule has 1 fully saturated rings. The molecule has 5 heteroatoms. The lowest BCUT2D eigenvalue weighted by Crippen LogP contribution is -2.41. The van der Waals surface area contributed by atoms with Crippen molar-refractivity contribution < 1.29 is 9.90 Å². The number of hydrogen-bond acceptors (Lipinski definition) is 3. The highest BCUT2D eigenvalue weighted by atomic mass is 16.3. The SMILES string of the molecule is CC(C)C[C@H](NC(=O)N1CC[C@H]([C@H](C)O)C1)c1ccccn1. The molecule has 1 aromatic heterocycles. The van der Waals surface area contributed by atoms with Gasteiger partial charge in [-0.05, 0) is 37.8 Å². The Morgan fingerprint density at radius 3 is 2.77 bits per heavy atom. The van der Waals surface area contributed by atoms with Gasteiger partial charge in [0.25, 0.3) is 0 Å². The molecule has 0 aromatic carbocycles. The van der Waals surface area contributed by atoms with Crippen molar-refractivity contribution in [3.8, 4) is 0 Å². The number of aromatic nitrogens is 1. The molecule has 22 heavy (non-hydrogen) atoms. The molecule has 0 radical (unpaired) electrons. The Kier molecular flexibility index (Phi) is 5.77. The number of nitrogens with zero attached hydrogens (tertiary/aromatic N) is 2. The lowest BCUT2D eigenvalue weighted by atomic mass is 10.0. The molecule has 3 atom stereocenters. The van der Waals surface area contributed by atoms with Crippen LogP contribution >= 0.6 is 0 Å². The van der Waals surface area contributed by atoms with Crippen molar-refractivity contribution in [1.29, 1.82) is 0 Å². The molecule has 2 N–H and O–H groups in total. The van der Waals surface area contributed by atoms with Crippen LogP contribution in [0.5, 0.6) is 0 Å². The molecule has 2 rings (SSSR count). The van der Waals surface area contributed by atoms with Crippen molar-refractivity contribution in [1.82, 2.24) is 15.2 Å².